The highest BCUT2D eigenvalue weighted by atomic mass is 19.1. The first-order valence-electron chi connectivity index (χ1n) is 5.08. The number of aryl methyl sites for hydroxylation is 1. The first-order valence-corrected chi connectivity index (χ1v) is 5.08. The number of nitrogens with zero attached hydrogens (tertiary/aromatic N) is 1. The molecule has 0 bridgehead atoms. The van der Waals surface area contributed by atoms with Gasteiger partial charge in [0.25, 0.3) is 5.91 Å². The summed E-state index contributed by atoms with van der Waals surface area (Å²) in [4.78, 5) is 13.5. The van der Waals surface area contributed by atoms with Gasteiger partial charge in [-0.3, -0.25) is 4.79 Å². The predicted molar refractivity (Wildman–Crippen MR) is 58.4 cm³/mol. The number of rotatable bonds is 3. The first-order chi connectivity index (χ1) is 7.06. The molecular weight excluding hydrogens is 193 g/mol. The molecule has 15 heavy (non-hydrogen) atoms. The molecule has 2 nitrogen and oxygen atoms in total. The Hall–Kier alpha value is -1.38. The van der Waals surface area contributed by atoms with E-state index in [0.717, 1.165) is 13.0 Å². The molecule has 1 aromatic carbocycles. The number of carbonyl (C=O) groups is 1. The number of hydrogen-bond acceptors (Lipinski definition) is 1. The van der Waals surface area contributed by atoms with Gasteiger partial charge in [0.1, 0.15) is 5.82 Å². The van der Waals surface area contributed by atoms with Crippen molar-refractivity contribution in [3.05, 3.63) is 35.1 Å². The number of benzene rings is 1. The van der Waals surface area contributed by atoms with Crippen molar-refractivity contribution in [1.82, 2.24) is 4.90 Å². The molecule has 82 valence electrons. The van der Waals surface area contributed by atoms with Crippen molar-refractivity contribution in [2.75, 3.05) is 13.6 Å². The Morgan fingerprint density at radius 1 is 1.47 bits per heavy atom. The maximum absolute atomic E-state index is 12.8. The van der Waals surface area contributed by atoms with Crippen LogP contribution in [0.1, 0.15) is 29.3 Å². The molecule has 0 spiro atoms. The largest absolute Gasteiger partial charge is 0.342 e. The van der Waals surface area contributed by atoms with Gasteiger partial charge in [0.2, 0.25) is 0 Å². The molecule has 0 radical (unpaired) electrons. The second kappa shape index (κ2) is 4.91. The molecule has 0 aromatic heterocycles. The van der Waals surface area contributed by atoms with E-state index < -0.39 is 0 Å². The lowest BCUT2D eigenvalue weighted by Crippen LogP contribution is -2.28. The molecular formula is C12H16FNO. The van der Waals surface area contributed by atoms with Gasteiger partial charge in [-0.05, 0) is 37.1 Å². The molecule has 0 N–H and O–H groups in total. The minimum atomic E-state index is -0.304. The van der Waals surface area contributed by atoms with E-state index in [1.165, 1.54) is 12.1 Å². The van der Waals surface area contributed by atoms with Gasteiger partial charge in [0, 0.05) is 19.2 Å². The fraction of sp³-hybridized carbons (Fsp3) is 0.417. The Labute approximate surface area is 89.7 Å². The van der Waals surface area contributed by atoms with Crippen molar-refractivity contribution in [3.63, 3.8) is 0 Å². The highest BCUT2D eigenvalue weighted by Crippen LogP contribution is 2.12. The second-order valence-corrected chi connectivity index (χ2v) is 3.69. The summed E-state index contributed by atoms with van der Waals surface area (Å²) in [5, 5.41) is 0. The van der Waals surface area contributed by atoms with Crippen LogP contribution in [0.3, 0.4) is 0 Å². The molecule has 1 aromatic rings. The summed E-state index contributed by atoms with van der Waals surface area (Å²) in [7, 11) is 1.76. The molecule has 0 fully saturated rings. The second-order valence-electron chi connectivity index (χ2n) is 3.69. The van der Waals surface area contributed by atoms with E-state index in [1.807, 2.05) is 6.92 Å². The van der Waals surface area contributed by atoms with Gasteiger partial charge in [-0.15, -0.1) is 0 Å². The van der Waals surface area contributed by atoms with Crippen molar-refractivity contribution >= 4 is 5.91 Å². The van der Waals surface area contributed by atoms with Gasteiger partial charge in [0.05, 0.1) is 0 Å². The summed E-state index contributed by atoms with van der Waals surface area (Å²) < 4.78 is 12.8. The highest BCUT2D eigenvalue weighted by Gasteiger charge is 2.13. The van der Waals surface area contributed by atoms with Crippen LogP contribution in [0, 0.1) is 12.7 Å². The molecule has 0 unspecified atom stereocenters. The van der Waals surface area contributed by atoms with Crippen LogP contribution in [0.25, 0.3) is 0 Å². The molecule has 0 aliphatic carbocycles. The van der Waals surface area contributed by atoms with Crippen molar-refractivity contribution in [1.29, 1.82) is 0 Å². The van der Waals surface area contributed by atoms with Gasteiger partial charge < -0.3 is 4.90 Å². The minimum absolute atomic E-state index is 0.0469. The van der Waals surface area contributed by atoms with Crippen molar-refractivity contribution in [2.24, 2.45) is 0 Å². The average molecular weight is 209 g/mol. The summed E-state index contributed by atoms with van der Waals surface area (Å²) in [5.41, 5.74) is 1.26. The van der Waals surface area contributed by atoms with Gasteiger partial charge in [-0.25, -0.2) is 4.39 Å². The monoisotopic (exact) mass is 209 g/mol. The predicted octanol–water partition coefficient (Wildman–Crippen LogP) is 2.62. The van der Waals surface area contributed by atoms with E-state index in [0.29, 0.717) is 11.1 Å². The fourth-order valence-corrected chi connectivity index (χ4v) is 1.51. The van der Waals surface area contributed by atoms with Gasteiger partial charge >= 0.3 is 0 Å². The van der Waals surface area contributed by atoms with Crippen LogP contribution in [-0.4, -0.2) is 24.4 Å². The summed E-state index contributed by atoms with van der Waals surface area (Å²) >= 11 is 0. The molecule has 0 saturated carbocycles. The molecule has 0 aliphatic heterocycles. The molecule has 0 atom stereocenters. The third-order valence-corrected chi connectivity index (χ3v) is 2.32. The third-order valence-electron chi connectivity index (χ3n) is 2.32. The van der Waals surface area contributed by atoms with E-state index in [2.05, 4.69) is 0 Å². The lowest BCUT2D eigenvalue weighted by atomic mass is 10.1. The zero-order valence-electron chi connectivity index (χ0n) is 9.38. The Morgan fingerprint density at radius 3 is 2.67 bits per heavy atom. The third kappa shape index (κ3) is 2.78. The fourth-order valence-electron chi connectivity index (χ4n) is 1.51. The molecule has 3 heteroatoms. The zero-order chi connectivity index (χ0) is 11.4. The smallest absolute Gasteiger partial charge is 0.253 e. The summed E-state index contributed by atoms with van der Waals surface area (Å²) in [6, 6.07) is 4.24. The molecule has 1 rings (SSSR count). The van der Waals surface area contributed by atoms with E-state index in [-0.39, 0.29) is 11.7 Å². The first kappa shape index (κ1) is 11.7. The van der Waals surface area contributed by atoms with Crippen LogP contribution in [0.2, 0.25) is 0 Å². The number of amides is 1. The summed E-state index contributed by atoms with van der Waals surface area (Å²) in [6.45, 7) is 4.48. The summed E-state index contributed by atoms with van der Waals surface area (Å²) in [6.07, 6.45) is 0.919. The highest BCUT2D eigenvalue weighted by molar-refractivity contribution is 5.95. The maximum atomic E-state index is 12.8. The number of hydrogen-bond donors (Lipinski definition) is 0. The van der Waals surface area contributed by atoms with Gasteiger partial charge in [-0.2, -0.15) is 0 Å². The summed E-state index contributed by atoms with van der Waals surface area (Å²) in [5.74, 6) is -0.350. The van der Waals surface area contributed by atoms with Crippen molar-refractivity contribution < 1.29 is 9.18 Å². The Bertz CT molecular complexity index is 363. The van der Waals surface area contributed by atoms with E-state index in [1.54, 1.807) is 24.9 Å². The quantitative estimate of drug-likeness (QED) is 0.749. The Kier molecular flexibility index (Phi) is 3.83. The van der Waals surface area contributed by atoms with E-state index >= 15 is 0 Å². The molecule has 0 saturated heterocycles. The normalized spacial score (nSPS) is 10.1. The molecule has 1 amide bonds. The van der Waals surface area contributed by atoms with Crippen molar-refractivity contribution in [3.8, 4) is 0 Å². The Balaban J connectivity index is 2.91. The van der Waals surface area contributed by atoms with E-state index in [4.69, 9.17) is 0 Å². The van der Waals surface area contributed by atoms with E-state index in [9.17, 15) is 9.18 Å². The van der Waals surface area contributed by atoms with Crippen LogP contribution >= 0.6 is 0 Å². The lowest BCUT2D eigenvalue weighted by molar-refractivity contribution is 0.0794. The zero-order valence-corrected chi connectivity index (χ0v) is 9.38. The minimum Gasteiger partial charge on any atom is -0.342 e. The van der Waals surface area contributed by atoms with Gasteiger partial charge in [0.15, 0.2) is 0 Å². The molecule has 0 aliphatic rings. The van der Waals surface area contributed by atoms with Crippen molar-refractivity contribution in [2.45, 2.75) is 20.3 Å². The lowest BCUT2D eigenvalue weighted by Gasteiger charge is -2.17. The standard InChI is InChI=1S/C12H16FNO/c1-4-7-14(3)12(15)11-6-5-10(13)8-9(11)2/h5-6,8H,4,7H2,1-3H3. The van der Waals surface area contributed by atoms with Crippen LogP contribution < -0.4 is 0 Å². The van der Waals surface area contributed by atoms with Crippen LogP contribution in [0.5, 0.6) is 0 Å². The number of carbonyl (C=O) groups excluding carboxylic acids is 1. The number of halogens is 1. The van der Waals surface area contributed by atoms with Gasteiger partial charge in [-0.1, -0.05) is 6.92 Å². The average Bonchev–Trinajstić information content (AvgIpc) is 2.17. The van der Waals surface area contributed by atoms with Crippen LogP contribution in [-0.2, 0) is 0 Å². The topological polar surface area (TPSA) is 20.3 Å². The Morgan fingerprint density at radius 2 is 2.13 bits per heavy atom. The molecule has 0 heterocycles. The SMILES string of the molecule is CCCN(C)C(=O)c1ccc(F)cc1C. The van der Waals surface area contributed by atoms with Crippen LogP contribution in [0.4, 0.5) is 4.39 Å². The van der Waals surface area contributed by atoms with Crippen LogP contribution in [0.15, 0.2) is 18.2 Å². The maximum Gasteiger partial charge on any atom is 0.253 e.